The van der Waals surface area contributed by atoms with Crippen LogP contribution in [-0.4, -0.2) is 32.1 Å². The maximum atomic E-state index is 12.6. The van der Waals surface area contributed by atoms with Gasteiger partial charge in [0.25, 0.3) is 0 Å². The van der Waals surface area contributed by atoms with Crippen LogP contribution >= 0.6 is 11.3 Å². The molecule has 0 spiro atoms. The molecule has 1 saturated heterocycles. The summed E-state index contributed by atoms with van der Waals surface area (Å²) in [6.45, 7) is 0.857. The molecule has 0 bridgehead atoms. The lowest BCUT2D eigenvalue weighted by atomic mass is 10.0. The molecule has 2 aromatic rings. The number of carbonyl (C=O) groups is 1. The number of rotatable bonds is 4. The second-order valence-corrected chi connectivity index (χ2v) is 6.42. The highest BCUT2D eigenvalue weighted by Crippen LogP contribution is 2.32. The zero-order valence-corrected chi connectivity index (χ0v) is 13.1. The summed E-state index contributed by atoms with van der Waals surface area (Å²) in [6.07, 6.45) is 10.3. The lowest BCUT2D eigenvalue weighted by Gasteiger charge is -2.34. The van der Waals surface area contributed by atoms with Gasteiger partial charge >= 0.3 is 0 Å². The number of aryl methyl sites for hydroxylation is 2. The summed E-state index contributed by atoms with van der Waals surface area (Å²) in [7, 11) is 1.90. The van der Waals surface area contributed by atoms with Crippen LogP contribution in [0.5, 0.6) is 0 Å². The van der Waals surface area contributed by atoms with Crippen LogP contribution in [0.1, 0.15) is 42.3 Å². The second-order valence-electron chi connectivity index (χ2n) is 5.49. The molecule has 1 atom stereocenters. The second kappa shape index (κ2) is 6.39. The van der Waals surface area contributed by atoms with Crippen LogP contribution in [0.4, 0.5) is 0 Å². The van der Waals surface area contributed by atoms with Crippen molar-refractivity contribution in [1.82, 2.24) is 19.7 Å². The van der Waals surface area contributed by atoms with E-state index in [2.05, 4.69) is 10.1 Å². The third-order valence-corrected chi connectivity index (χ3v) is 4.82. The minimum atomic E-state index is 0.181. The monoisotopic (exact) mass is 304 g/mol. The number of aromatic nitrogens is 3. The quantitative estimate of drug-likeness (QED) is 0.872. The fraction of sp³-hybridized carbons (Fsp3) is 0.533. The summed E-state index contributed by atoms with van der Waals surface area (Å²) < 4.78 is 1.78. The first-order valence-electron chi connectivity index (χ1n) is 7.40. The van der Waals surface area contributed by atoms with Crippen molar-refractivity contribution in [2.45, 2.75) is 38.1 Å². The fourth-order valence-electron chi connectivity index (χ4n) is 2.88. The summed E-state index contributed by atoms with van der Waals surface area (Å²) in [5.74, 6) is 0.235. The zero-order chi connectivity index (χ0) is 14.7. The van der Waals surface area contributed by atoms with Gasteiger partial charge in [0.1, 0.15) is 5.01 Å². The first kappa shape index (κ1) is 14.3. The van der Waals surface area contributed by atoms with Gasteiger partial charge < -0.3 is 4.90 Å². The predicted molar refractivity (Wildman–Crippen MR) is 81.9 cm³/mol. The lowest BCUT2D eigenvalue weighted by Crippen LogP contribution is -2.38. The van der Waals surface area contributed by atoms with Gasteiger partial charge in [-0.1, -0.05) is 0 Å². The molecule has 0 saturated carbocycles. The van der Waals surface area contributed by atoms with Crippen molar-refractivity contribution in [1.29, 1.82) is 0 Å². The molecular formula is C15H20N4OS. The molecule has 0 aromatic carbocycles. The molecule has 112 valence electrons. The molecule has 1 aliphatic rings. The molecule has 3 rings (SSSR count). The van der Waals surface area contributed by atoms with E-state index >= 15 is 0 Å². The molecule has 0 radical (unpaired) electrons. The summed E-state index contributed by atoms with van der Waals surface area (Å²) in [5.41, 5.74) is 1.12. The van der Waals surface area contributed by atoms with Crippen LogP contribution in [0.25, 0.3) is 0 Å². The van der Waals surface area contributed by atoms with Crippen LogP contribution in [0.15, 0.2) is 24.0 Å². The molecule has 2 aromatic heterocycles. The molecule has 21 heavy (non-hydrogen) atoms. The Morgan fingerprint density at radius 3 is 3.10 bits per heavy atom. The third-order valence-electron chi connectivity index (χ3n) is 3.95. The Kier molecular flexibility index (Phi) is 4.34. The van der Waals surface area contributed by atoms with Crippen molar-refractivity contribution in [3.8, 4) is 0 Å². The maximum absolute atomic E-state index is 12.6. The van der Waals surface area contributed by atoms with Crippen molar-refractivity contribution in [3.05, 3.63) is 34.5 Å². The van der Waals surface area contributed by atoms with Crippen molar-refractivity contribution in [2.75, 3.05) is 6.54 Å². The largest absolute Gasteiger partial charge is 0.333 e. The van der Waals surface area contributed by atoms with Gasteiger partial charge in [0.05, 0.1) is 12.2 Å². The Morgan fingerprint density at radius 2 is 2.38 bits per heavy atom. The summed E-state index contributed by atoms with van der Waals surface area (Å²) in [5, 5.41) is 7.21. The average molecular weight is 304 g/mol. The average Bonchev–Trinajstić information content (AvgIpc) is 3.16. The van der Waals surface area contributed by atoms with Gasteiger partial charge in [-0.3, -0.25) is 9.48 Å². The van der Waals surface area contributed by atoms with E-state index < -0.39 is 0 Å². The molecule has 0 N–H and O–H groups in total. The predicted octanol–water partition coefficient (Wildman–Crippen LogP) is 2.56. The van der Waals surface area contributed by atoms with Crippen LogP contribution in [-0.2, 0) is 18.3 Å². The molecule has 1 fully saturated rings. The number of carbonyl (C=O) groups excluding carboxylic acids is 1. The number of piperidine rings is 1. The van der Waals surface area contributed by atoms with E-state index in [0.29, 0.717) is 6.42 Å². The van der Waals surface area contributed by atoms with E-state index in [1.54, 1.807) is 16.0 Å². The van der Waals surface area contributed by atoms with E-state index in [-0.39, 0.29) is 11.9 Å². The van der Waals surface area contributed by atoms with Crippen LogP contribution in [0.3, 0.4) is 0 Å². The molecule has 0 unspecified atom stereocenters. The SMILES string of the molecule is Cn1cc(CCC(=O)N2CCCC[C@@H]2c2nccs2)cn1. The van der Waals surface area contributed by atoms with Gasteiger partial charge in [-0.2, -0.15) is 5.10 Å². The molecular weight excluding hydrogens is 284 g/mol. The van der Waals surface area contributed by atoms with Gasteiger partial charge in [0.15, 0.2) is 0 Å². The first-order valence-corrected chi connectivity index (χ1v) is 8.28. The fourth-order valence-corrected chi connectivity index (χ4v) is 3.67. The van der Waals surface area contributed by atoms with Gasteiger partial charge in [0.2, 0.25) is 5.91 Å². The summed E-state index contributed by atoms with van der Waals surface area (Å²) >= 11 is 1.65. The third kappa shape index (κ3) is 3.32. The topological polar surface area (TPSA) is 51.0 Å². The highest BCUT2D eigenvalue weighted by molar-refractivity contribution is 7.09. The molecule has 0 aliphatic carbocycles. The summed E-state index contributed by atoms with van der Waals surface area (Å²) in [6, 6.07) is 0.181. The van der Waals surface area contributed by atoms with Gasteiger partial charge in [-0.25, -0.2) is 4.98 Å². The van der Waals surface area contributed by atoms with E-state index in [0.717, 1.165) is 36.4 Å². The Balaban J connectivity index is 1.64. The van der Waals surface area contributed by atoms with Crippen molar-refractivity contribution in [2.24, 2.45) is 7.05 Å². The Bertz CT molecular complexity index is 593. The number of nitrogens with zero attached hydrogens (tertiary/aromatic N) is 4. The van der Waals surface area contributed by atoms with Gasteiger partial charge in [0, 0.05) is 37.8 Å². The number of hydrogen-bond donors (Lipinski definition) is 0. The van der Waals surface area contributed by atoms with Gasteiger partial charge in [-0.15, -0.1) is 11.3 Å². The van der Waals surface area contributed by atoms with Crippen molar-refractivity contribution >= 4 is 17.2 Å². The Morgan fingerprint density at radius 1 is 1.48 bits per heavy atom. The standard InChI is InChI=1S/C15H20N4OS/c1-18-11-12(10-17-18)5-6-14(20)19-8-3-2-4-13(19)15-16-7-9-21-15/h7,9-11,13H,2-6,8H2,1H3/t13-/m1/s1. The molecule has 3 heterocycles. The normalized spacial score (nSPS) is 18.9. The Labute approximate surface area is 128 Å². The van der Waals surface area contributed by atoms with E-state index in [4.69, 9.17) is 0 Å². The number of amides is 1. The van der Waals surface area contributed by atoms with Gasteiger partial charge in [-0.05, 0) is 31.2 Å². The van der Waals surface area contributed by atoms with E-state index in [9.17, 15) is 4.79 Å². The number of likely N-dealkylation sites (tertiary alicyclic amines) is 1. The van der Waals surface area contributed by atoms with E-state index in [1.807, 2.05) is 35.9 Å². The Hall–Kier alpha value is -1.69. The molecule has 1 amide bonds. The van der Waals surface area contributed by atoms with Crippen LogP contribution < -0.4 is 0 Å². The van der Waals surface area contributed by atoms with Crippen molar-refractivity contribution < 1.29 is 4.79 Å². The number of hydrogen-bond acceptors (Lipinski definition) is 4. The number of thiazole rings is 1. The molecule has 5 nitrogen and oxygen atoms in total. The van der Waals surface area contributed by atoms with Crippen LogP contribution in [0, 0.1) is 0 Å². The van der Waals surface area contributed by atoms with Crippen molar-refractivity contribution in [3.63, 3.8) is 0 Å². The zero-order valence-electron chi connectivity index (χ0n) is 12.2. The highest BCUT2D eigenvalue weighted by atomic mass is 32.1. The molecule has 1 aliphatic heterocycles. The lowest BCUT2D eigenvalue weighted by molar-refractivity contribution is -0.135. The van der Waals surface area contributed by atoms with E-state index in [1.165, 1.54) is 6.42 Å². The highest BCUT2D eigenvalue weighted by Gasteiger charge is 2.29. The minimum Gasteiger partial charge on any atom is -0.333 e. The van der Waals surface area contributed by atoms with Crippen LogP contribution in [0.2, 0.25) is 0 Å². The first-order chi connectivity index (χ1) is 10.2. The summed E-state index contributed by atoms with van der Waals surface area (Å²) in [4.78, 5) is 19.0. The smallest absolute Gasteiger partial charge is 0.223 e. The maximum Gasteiger partial charge on any atom is 0.223 e. The molecule has 6 heteroatoms. The minimum absolute atomic E-state index is 0.181.